The van der Waals surface area contributed by atoms with Crippen LogP contribution in [0, 0.1) is 0 Å². The maximum atomic E-state index is 12.8. The Morgan fingerprint density at radius 2 is 1.66 bits per heavy atom. The molecule has 1 fully saturated rings. The number of anilines is 2. The average Bonchev–Trinajstić information content (AvgIpc) is 3.08. The van der Waals surface area contributed by atoms with E-state index in [1.807, 2.05) is 0 Å². The molecule has 0 aliphatic carbocycles. The molecule has 1 amide bonds. The monoisotopic (exact) mass is 435 g/mol. The van der Waals surface area contributed by atoms with E-state index in [4.69, 9.17) is 0 Å². The van der Waals surface area contributed by atoms with Crippen LogP contribution in [0.5, 0.6) is 0 Å². The largest absolute Gasteiger partial charge is 0.326 e. The fourth-order valence-corrected chi connectivity index (χ4v) is 6.22. The van der Waals surface area contributed by atoms with Crippen molar-refractivity contribution in [3.63, 3.8) is 0 Å². The molecule has 2 N–H and O–H groups in total. The van der Waals surface area contributed by atoms with Crippen molar-refractivity contribution >= 4 is 37.3 Å². The van der Waals surface area contributed by atoms with Gasteiger partial charge in [-0.05, 0) is 54.8 Å². The summed E-state index contributed by atoms with van der Waals surface area (Å²) in [5.41, 5.74) is 1.38. The molecule has 4 rings (SSSR count). The van der Waals surface area contributed by atoms with Gasteiger partial charge in [0.1, 0.15) is 0 Å². The summed E-state index contributed by atoms with van der Waals surface area (Å²) in [4.78, 5) is 11.5. The van der Waals surface area contributed by atoms with Gasteiger partial charge in [0, 0.05) is 18.8 Å². The summed E-state index contributed by atoms with van der Waals surface area (Å²) in [6, 6.07) is 10.2. The molecular weight excluding hydrogens is 414 g/mol. The number of rotatable bonds is 5. The lowest BCUT2D eigenvalue weighted by Gasteiger charge is -2.26. The van der Waals surface area contributed by atoms with Gasteiger partial charge in [0.15, 0.2) is 0 Å². The Morgan fingerprint density at radius 1 is 0.897 bits per heavy atom. The van der Waals surface area contributed by atoms with Gasteiger partial charge in [0.25, 0.3) is 10.0 Å². The first-order chi connectivity index (χ1) is 13.8. The van der Waals surface area contributed by atoms with E-state index in [-0.39, 0.29) is 27.8 Å². The minimum Gasteiger partial charge on any atom is -0.326 e. The molecule has 0 saturated carbocycles. The second-order valence-electron chi connectivity index (χ2n) is 7.14. The van der Waals surface area contributed by atoms with E-state index in [0.29, 0.717) is 24.3 Å². The van der Waals surface area contributed by atoms with Crippen molar-refractivity contribution in [3.8, 4) is 0 Å². The fourth-order valence-electron chi connectivity index (χ4n) is 3.56. The molecular formula is C19H21N3O5S2. The molecule has 2 aromatic carbocycles. The molecule has 2 aliphatic rings. The van der Waals surface area contributed by atoms with Crippen LogP contribution in [0.2, 0.25) is 0 Å². The van der Waals surface area contributed by atoms with Gasteiger partial charge in [-0.2, -0.15) is 4.31 Å². The van der Waals surface area contributed by atoms with Gasteiger partial charge < -0.3 is 5.32 Å². The Hall–Kier alpha value is -2.43. The number of hydrogen-bond donors (Lipinski definition) is 2. The zero-order valence-electron chi connectivity index (χ0n) is 15.6. The number of sulfonamides is 2. The Kier molecular flexibility index (Phi) is 5.09. The number of amides is 1. The van der Waals surface area contributed by atoms with Crippen LogP contribution in [0.1, 0.15) is 24.8 Å². The molecule has 0 atom stereocenters. The van der Waals surface area contributed by atoms with Crippen LogP contribution in [0.3, 0.4) is 0 Å². The Bertz CT molecular complexity index is 1170. The molecule has 154 valence electrons. The maximum absolute atomic E-state index is 12.8. The van der Waals surface area contributed by atoms with Crippen molar-refractivity contribution in [1.29, 1.82) is 0 Å². The zero-order valence-corrected chi connectivity index (χ0v) is 17.2. The molecule has 0 unspecified atom stereocenters. The summed E-state index contributed by atoms with van der Waals surface area (Å²) in [6.07, 6.45) is 2.78. The fraction of sp³-hybridized carbons (Fsp3) is 0.316. The first-order valence-electron chi connectivity index (χ1n) is 9.31. The van der Waals surface area contributed by atoms with Gasteiger partial charge in [-0.15, -0.1) is 0 Å². The van der Waals surface area contributed by atoms with E-state index in [1.54, 1.807) is 6.07 Å². The quantitative estimate of drug-likeness (QED) is 0.747. The SMILES string of the molecule is O=C1Cc2cc(S(=O)(=O)Nc3cccc(S(=O)(=O)N4CCCCC4)c3)ccc2N1. The van der Waals surface area contributed by atoms with Crippen LogP contribution in [0.15, 0.2) is 52.3 Å². The van der Waals surface area contributed by atoms with Gasteiger partial charge >= 0.3 is 0 Å². The molecule has 0 aromatic heterocycles. The Balaban J connectivity index is 1.59. The van der Waals surface area contributed by atoms with E-state index in [9.17, 15) is 21.6 Å². The van der Waals surface area contributed by atoms with Gasteiger partial charge in [0.2, 0.25) is 15.9 Å². The van der Waals surface area contributed by atoms with E-state index in [0.717, 1.165) is 19.3 Å². The number of piperidine rings is 1. The van der Waals surface area contributed by atoms with Crippen molar-refractivity contribution in [2.24, 2.45) is 0 Å². The lowest BCUT2D eigenvalue weighted by Crippen LogP contribution is -2.35. The van der Waals surface area contributed by atoms with Crippen molar-refractivity contribution in [1.82, 2.24) is 4.31 Å². The number of carbonyl (C=O) groups excluding carboxylic acids is 1. The maximum Gasteiger partial charge on any atom is 0.261 e. The number of nitrogens with one attached hydrogen (secondary N) is 2. The smallest absolute Gasteiger partial charge is 0.261 e. The highest BCUT2D eigenvalue weighted by atomic mass is 32.2. The minimum atomic E-state index is -3.94. The summed E-state index contributed by atoms with van der Waals surface area (Å²) < 4.78 is 55.1. The molecule has 2 heterocycles. The van der Waals surface area contributed by atoms with Crippen molar-refractivity contribution in [3.05, 3.63) is 48.0 Å². The summed E-state index contributed by atoms with van der Waals surface area (Å²) in [5.74, 6) is -0.182. The third-order valence-corrected chi connectivity index (χ3v) is 8.32. The molecule has 8 nitrogen and oxygen atoms in total. The standard InChI is InChI=1S/C19H21N3O5S2/c23-19-12-14-11-16(7-8-18(14)20-19)28(24,25)21-15-5-4-6-17(13-15)29(26,27)22-9-2-1-3-10-22/h4-8,11,13,21H,1-3,9-10,12H2,(H,20,23). The molecule has 10 heteroatoms. The lowest BCUT2D eigenvalue weighted by molar-refractivity contribution is -0.115. The average molecular weight is 436 g/mol. The first kappa shape index (κ1) is 19.9. The number of nitrogens with zero attached hydrogens (tertiary/aromatic N) is 1. The van der Waals surface area contributed by atoms with Crippen LogP contribution in [-0.2, 0) is 31.3 Å². The molecule has 1 saturated heterocycles. The van der Waals surface area contributed by atoms with Crippen molar-refractivity contribution < 1.29 is 21.6 Å². The molecule has 2 aromatic rings. The summed E-state index contributed by atoms with van der Waals surface area (Å²) >= 11 is 0. The van der Waals surface area contributed by atoms with Crippen LogP contribution >= 0.6 is 0 Å². The van der Waals surface area contributed by atoms with E-state index >= 15 is 0 Å². The van der Waals surface area contributed by atoms with Crippen LogP contribution in [0.25, 0.3) is 0 Å². The second-order valence-corrected chi connectivity index (χ2v) is 10.8. The van der Waals surface area contributed by atoms with Crippen molar-refractivity contribution in [2.45, 2.75) is 35.5 Å². The summed E-state index contributed by atoms with van der Waals surface area (Å²) in [5, 5.41) is 2.66. The topological polar surface area (TPSA) is 113 Å². The zero-order chi connectivity index (χ0) is 20.6. The minimum absolute atomic E-state index is 0.0111. The summed E-state index contributed by atoms with van der Waals surface area (Å²) in [6.45, 7) is 0.945. The Morgan fingerprint density at radius 3 is 2.41 bits per heavy atom. The van der Waals surface area contributed by atoms with Crippen LogP contribution in [0.4, 0.5) is 11.4 Å². The van der Waals surface area contributed by atoms with Gasteiger partial charge in [0.05, 0.1) is 21.9 Å². The van der Waals surface area contributed by atoms with E-state index < -0.39 is 20.0 Å². The highest BCUT2D eigenvalue weighted by Gasteiger charge is 2.27. The van der Waals surface area contributed by atoms with Crippen LogP contribution < -0.4 is 10.0 Å². The number of carbonyl (C=O) groups is 1. The molecule has 0 spiro atoms. The highest BCUT2D eigenvalue weighted by Crippen LogP contribution is 2.28. The molecule has 0 radical (unpaired) electrons. The normalized spacial score (nSPS) is 17.6. The van der Waals surface area contributed by atoms with Crippen LogP contribution in [-0.4, -0.2) is 40.1 Å². The second kappa shape index (κ2) is 7.43. The number of hydrogen-bond acceptors (Lipinski definition) is 5. The van der Waals surface area contributed by atoms with E-state index in [2.05, 4.69) is 10.0 Å². The third kappa shape index (κ3) is 4.00. The van der Waals surface area contributed by atoms with Crippen molar-refractivity contribution in [2.75, 3.05) is 23.1 Å². The highest BCUT2D eigenvalue weighted by molar-refractivity contribution is 7.92. The molecule has 0 bridgehead atoms. The summed E-state index contributed by atoms with van der Waals surface area (Å²) in [7, 11) is -7.60. The lowest BCUT2D eigenvalue weighted by atomic mass is 10.2. The Labute approximate surface area is 170 Å². The third-order valence-electron chi connectivity index (χ3n) is 5.05. The first-order valence-corrected chi connectivity index (χ1v) is 12.2. The van der Waals surface area contributed by atoms with Gasteiger partial charge in [-0.3, -0.25) is 9.52 Å². The predicted octanol–water partition coefficient (Wildman–Crippen LogP) is 2.16. The predicted molar refractivity (Wildman–Crippen MR) is 109 cm³/mol. The number of benzene rings is 2. The molecule has 29 heavy (non-hydrogen) atoms. The van der Waals surface area contributed by atoms with Gasteiger partial charge in [-0.25, -0.2) is 16.8 Å². The van der Waals surface area contributed by atoms with Gasteiger partial charge in [-0.1, -0.05) is 12.5 Å². The van der Waals surface area contributed by atoms with E-state index in [1.165, 1.54) is 40.7 Å². The number of fused-ring (bicyclic) bond motifs is 1. The molecule has 2 aliphatic heterocycles.